The van der Waals surface area contributed by atoms with E-state index >= 15 is 0 Å². The monoisotopic (exact) mass is 229 g/mol. The lowest BCUT2D eigenvalue weighted by Crippen LogP contribution is -2.45. The summed E-state index contributed by atoms with van der Waals surface area (Å²) in [5, 5.41) is 12.7. The quantitative estimate of drug-likeness (QED) is 0.724. The number of ether oxygens (including phenoxy) is 1. The van der Waals surface area contributed by atoms with Gasteiger partial charge >= 0.3 is 6.09 Å². The third-order valence-corrected chi connectivity index (χ3v) is 2.67. The Kier molecular flexibility index (Phi) is 3.84. The molecule has 0 aromatic carbocycles. The molecule has 1 fully saturated rings. The molecule has 0 radical (unpaired) electrons. The number of hydrogen-bond acceptors (Lipinski definition) is 3. The van der Waals surface area contributed by atoms with Crippen molar-refractivity contribution >= 4 is 6.09 Å². The highest BCUT2D eigenvalue weighted by molar-refractivity contribution is 5.68. The van der Waals surface area contributed by atoms with E-state index in [9.17, 15) is 9.90 Å². The summed E-state index contributed by atoms with van der Waals surface area (Å²) in [6.07, 6.45) is 2.87. The van der Waals surface area contributed by atoms with Crippen molar-refractivity contribution in [1.82, 2.24) is 5.32 Å². The summed E-state index contributed by atoms with van der Waals surface area (Å²) in [5.74, 6) is 0. The largest absolute Gasteiger partial charge is 0.444 e. The first-order valence-electron chi connectivity index (χ1n) is 5.90. The van der Waals surface area contributed by atoms with Gasteiger partial charge in [-0.15, -0.1) is 0 Å². The Balaban J connectivity index is 2.40. The van der Waals surface area contributed by atoms with Crippen LogP contribution in [0, 0.1) is 0 Å². The van der Waals surface area contributed by atoms with Gasteiger partial charge in [0.1, 0.15) is 5.60 Å². The Morgan fingerprint density at radius 2 is 2.12 bits per heavy atom. The second kappa shape index (κ2) is 4.62. The van der Waals surface area contributed by atoms with Gasteiger partial charge in [-0.2, -0.15) is 0 Å². The molecule has 16 heavy (non-hydrogen) atoms. The van der Waals surface area contributed by atoms with Gasteiger partial charge in [-0.1, -0.05) is 0 Å². The van der Waals surface area contributed by atoms with E-state index in [1.165, 1.54) is 0 Å². The molecule has 0 aromatic heterocycles. The minimum atomic E-state index is -0.655. The molecule has 1 saturated carbocycles. The molecule has 0 aromatic rings. The first kappa shape index (κ1) is 13.3. The fourth-order valence-corrected chi connectivity index (χ4v) is 2.06. The van der Waals surface area contributed by atoms with E-state index in [1.54, 1.807) is 0 Å². The van der Waals surface area contributed by atoms with E-state index in [4.69, 9.17) is 4.74 Å². The smallest absolute Gasteiger partial charge is 0.407 e. The minimum Gasteiger partial charge on any atom is -0.444 e. The van der Waals surface area contributed by atoms with Gasteiger partial charge in [0.15, 0.2) is 0 Å². The molecule has 0 aliphatic heterocycles. The Bertz CT molecular complexity index is 255. The maximum atomic E-state index is 11.5. The normalized spacial score (nSPS) is 30.9. The van der Waals surface area contributed by atoms with Gasteiger partial charge in [0.05, 0.1) is 5.60 Å². The van der Waals surface area contributed by atoms with Crippen molar-refractivity contribution < 1.29 is 14.6 Å². The van der Waals surface area contributed by atoms with Crippen molar-refractivity contribution in [2.24, 2.45) is 0 Å². The highest BCUT2D eigenvalue weighted by atomic mass is 16.6. The maximum Gasteiger partial charge on any atom is 0.407 e. The summed E-state index contributed by atoms with van der Waals surface area (Å²) >= 11 is 0. The molecule has 1 rings (SSSR count). The van der Waals surface area contributed by atoms with Crippen LogP contribution in [0.25, 0.3) is 0 Å². The lowest BCUT2D eigenvalue weighted by atomic mass is 9.83. The molecule has 0 heterocycles. The van der Waals surface area contributed by atoms with Crippen LogP contribution in [0.15, 0.2) is 0 Å². The topological polar surface area (TPSA) is 58.6 Å². The zero-order valence-corrected chi connectivity index (χ0v) is 10.7. The summed E-state index contributed by atoms with van der Waals surface area (Å²) in [6.45, 7) is 7.33. The van der Waals surface area contributed by atoms with Crippen molar-refractivity contribution in [2.45, 2.75) is 70.6 Å². The number of carbonyl (C=O) groups is 1. The number of nitrogens with one attached hydrogen (secondary N) is 1. The van der Waals surface area contributed by atoms with Crippen LogP contribution in [0.2, 0.25) is 0 Å². The van der Waals surface area contributed by atoms with E-state index in [0.29, 0.717) is 6.42 Å². The predicted octanol–water partition coefficient (Wildman–Crippen LogP) is 2.20. The molecule has 0 saturated heterocycles. The SMILES string of the molecule is CC1(O)CCCC(NC(=O)OC(C)(C)C)C1. The van der Waals surface area contributed by atoms with E-state index in [2.05, 4.69) is 5.32 Å². The molecule has 2 unspecified atom stereocenters. The predicted molar refractivity (Wildman–Crippen MR) is 62.2 cm³/mol. The number of hydrogen-bond donors (Lipinski definition) is 2. The summed E-state index contributed by atoms with van der Waals surface area (Å²) in [6, 6.07) is 0.0265. The van der Waals surface area contributed by atoms with Crippen LogP contribution >= 0.6 is 0 Å². The van der Waals surface area contributed by atoms with E-state index in [1.807, 2.05) is 27.7 Å². The average Bonchev–Trinajstić information content (AvgIpc) is 1.96. The second-order valence-electron chi connectivity index (χ2n) is 5.94. The van der Waals surface area contributed by atoms with Crippen molar-refractivity contribution in [3.8, 4) is 0 Å². The van der Waals surface area contributed by atoms with Crippen molar-refractivity contribution in [3.63, 3.8) is 0 Å². The summed E-state index contributed by atoms with van der Waals surface area (Å²) in [4.78, 5) is 11.5. The molecule has 94 valence electrons. The molecular weight excluding hydrogens is 206 g/mol. The summed E-state index contributed by atoms with van der Waals surface area (Å²) in [7, 11) is 0. The van der Waals surface area contributed by atoms with Crippen LogP contribution in [0.4, 0.5) is 4.79 Å². The first-order chi connectivity index (χ1) is 7.18. The maximum absolute atomic E-state index is 11.5. The van der Waals surface area contributed by atoms with Crippen LogP contribution in [0.5, 0.6) is 0 Å². The van der Waals surface area contributed by atoms with Crippen LogP contribution < -0.4 is 5.32 Å². The van der Waals surface area contributed by atoms with Gasteiger partial charge in [0, 0.05) is 6.04 Å². The number of amides is 1. The molecule has 2 atom stereocenters. The third-order valence-electron chi connectivity index (χ3n) is 2.67. The van der Waals surface area contributed by atoms with E-state index in [-0.39, 0.29) is 6.04 Å². The van der Waals surface area contributed by atoms with Gasteiger partial charge in [-0.25, -0.2) is 4.79 Å². The summed E-state index contributed by atoms with van der Waals surface area (Å²) < 4.78 is 5.18. The van der Waals surface area contributed by atoms with Gasteiger partial charge in [-0.3, -0.25) is 0 Å². The number of carbonyl (C=O) groups excluding carboxylic acids is 1. The second-order valence-corrected chi connectivity index (χ2v) is 5.94. The van der Waals surface area contributed by atoms with Crippen molar-refractivity contribution in [2.75, 3.05) is 0 Å². The van der Waals surface area contributed by atoms with Crippen LogP contribution in [0.1, 0.15) is 53.4 Å². The molecule has 4 nitrogen and oxygen atoms in total. The zero-order valence-electron chi connectivity index (χ0n) is 10.7. The standard InChI is InChI=1S/C12H23NO3/c1-11(2,3)16-10(14)13-9-6-5-7-12(4,15)8-9/h9,15H,5-8H2,1-4H3,(H,13,14). The van der Waals surface area contributed by atoms with Gasteiger partial charge in [0.25, 0.3) is 0 Å². The van der Waals surface area contributed by atoms with Crippen LogP contribution in [0.3, 0.4) is 0 Å². The minimum absolute atomic E-state index is 0.0265. The molecule has 1 aliphatic carbocycles. The lowest BCUT2D eigenvalue weighted by molar-refractivity contribution is 0.00539. The van der Waals surface area contributed by atoms with Crippen molar-refractivity contribution in [3.05, 3.63) is 0 Å². The Morgan fingerprint density at radius 3 is 2.62 bits per heavy atom. The van der Waals surface area contributed by atoms with Gasteiger partial charge in [0.2, 0.25) is 0 Å². The van der Waals surface area contributed by atoms with E-state index < -0.39 is 17.3 Å². The molecule has 0 spiro atoms. The molecule has 1 amide bonds. The molecule has 4 heteroatoms. The Morgan fingerprint density at radius 1 is 1.50 bits per heavy atom. The molecular formula is C12H23NO3. The number of alkyl carbamates (subject to hydrolysis) is 1. The zero-order chi connectivity index (χ0) is 12.4. The molecule has 0 bridgehead atoms. The van der Waals surface area contributed by atoms with Crippen LogP contribution in [-0.4, -0.2) is 28.4 Å². The molecule has 1 aliphatic rings. The highest BCUT2D eigenvalue weighted by Gasteiger charge is 2.31. The van der Waals surface area contributed by atoms with Gasteiger partial charge in [-0.05, 0) is 53.4 Å². The lowest BCUT2D eigenvalue weighted by Gasteiger charge is -2.34. The van der Waals surface area contributed by atoms with Crippen LogP contribution in [-0.2, 0) is 4.74 Å². The first-order valence-corrected chi connectivity index (χ1v) is 5.90. The Hall–Kier alpha value is -0.770. The molecule has 2 N–H and O–H groups in total. The highest BCUT2D eigenvalue weighted by Crippen LogP contribution is 2.27. The number of aliphatic hydroxyl groups is 1. The third kappa shape index (κ3) is 4.84. The van der Waals surface area contributed by atoms with E-state index in [0.717, 1.165) is 19.3 Å². The van der Waals surface area contributed by atoms with Gasteiger partial charge < -0.3 is 15.2 Å². The Labute approximate surface area is 97.4 Å². The fourth-order valence-electron chi connectivity index (χ4n) is 2.06. The van der Waals surface area contributed by atoms with Crippen molar-refractivity contribution in [1.29, 1.82) is 0 Å². The average molecular weight is 229 g/mol. The number of rotatable bonds is 1. The fraction of sp³-hybridized carbons (Fsp3) is 0.917. The summed E-state index contributed by atoms with van der Waals surface area (Å²) in [5.41, 5.74) is -1.13.